The highest BCUT2D eigenvalue weighted by Crippen LogP contribution is 2.09. The van der Waals surface area contributed by atoms with E-state index in [2.05, 4.69) is 42.9 Å². The summed E-state index contributed by atoms with van der Waals surface area (Å²) < 4.78 is 2.36. The summed E-state index contributed by atoms with van der Waals surface area (Å²) >= 11 is 0. The number of hydrogen-bond acceptors (Lipinski definition) is 0. The molecule has 1 nitrogen and oxygen atoms in total. The zero-order chi connectivity index (χ0) is 16.6. The van der Waals surface area contributed by atoms with Crippen LogP contribution in [0.2, 0.25) is 0 Å². The molecule has 0 spiro atoms. The molecule has 1 aromatic rings. The molecule has 1 heteroatoms. The average Bonchev–Trinajstić information content (AvgIpc) is 2.58. The zero-order valence-electron chi connectivity index (χ0n) is 15.9. The van der Waals surface area contributed by atoms with E-state index in [1.54, 1.807) is 0 Å². The summed E-state index contributed by atoms with van der Waals surface area (Å²) in [6.07, 6.45) is 23.9. The number of nitrogens with zero attached hydrogens (tertiary/aromatic N) is 1. The maximum Gasteiger partial charge on any atom is 0.169 e. The van der Waals surface area contributed by atoms with Crippen molar-refractivity contribution in [2.45, 2.75) is 110 Å². The van der Waals surface area contributed by atoms with E-state index in [-0.39, 0.29) is 0 Å². The van der Waals surface area contributed by atoms with Crippen molar-refractivity contribution in [2.24, 2.45) is 0 Å². The minimum Gasteiger partial charge on any atom is -0.205 e. The van der Waals surface area contributed by atoms with Crippen molar-refractivity contribution in [3.05, 3.63) is 30.1 Å². The molecular formula is C22H40N+. The summed E-state index contributed by atoms with van der Waals surface area (Å²) in [5.41, 5.74) is 1.51. The van der Waals surface area contributed by atoms with E-state index in [1.807, 2.05) is 0 Å². The maximum absolute atomic E-state index is 2.36. The summed E-state index contributed by atoms with van der Waals surface area (Å²) in [6.45, 7) is 5.75. The number of pyridine rings is 1. The zero-order valence-corrected chi connectivity index (χ0v) is 15.9. The maximum atomic E-state index is 2.36. The van der Waals surface area contributed by atoms with E-state index in [1.165, 1.54) is 102 Å². The van der Waals surface area contributed by atoms with Crippen LogP contribution in [0.5, 0.6) is 0 Å². The van der Waals surface area contributed by atoms with E-state index in [0.29, 0.717) is 0 Å². The summed E-state index contributed by atoms with van der Waals surface area (Å²) in [5, 5.41) is 0. The van der Waals surface area contributed by atoms with Gasteiger partial charge in [-0.3, -0.25) is 0 Å². The normalized spacial score (nSPS) is 11.0. The number of unbranched alkanes of at least 4 members (excludes halogenated alkanes) is 11. The number of rotatable bonds is 15. The Kier molecular flexibility index (Phi) is 12.9. The third-order valence-corrected chi connectivity index (χ3v) is 4.80. The second-order valence-electron chi connectivity index (χ2n) is 7.08. The predicted octanol–water partition coefficient (Wildman–Crippen LogP) is 6.63. The summed E-state index contributed by atoms with van der Waals surface area (Å²) in [4.78, 5) is 0. The van der Waals surface area contributed by atoms with Gasteiger partial charge < -0.3 is 0 Å². The van der Waals surface area contributed by atoms with Gasteiger partial charge in [0.25, 0.3) is 0 Å². The van der Waals surface area contributed by atoms with Crippen molar-refractivity contribution in [2.75, 3.05) is 0 Å². The van der Waals surface area contributed by atoms with Crippen LogP contribution < -0.4 is 4.57 Å². The fourth-order valence-corrected chi connectivity index (χ4v) is 3.16. The molecule has 0 amide bonds. The average molecular weight is 319 g/mol. The van der Waals surface area contributed by atoms with Crippen molar-refractivity contribution in [3.63, 3.8) is 0 Å². The lowest BCUT2D eigenvalue weighted by atomic mass is 10.1. The number of aromatic nitrogens is 1. The second-order valence-corrected chi connectivity index (χ2v) is 7.08. The first-order valence-corrected chi connectivity index (χ1v) is 10.3. The Hall–Kier alpha value is -0.850. The van der Waals surface area contributed by atoms with E-state index >= 15 is 0 Å². The molecule has 0 unspecified atom stereocenters. The van der Waals surface area contributed by atoms with Gasteiger partial charge in [-0.2, -0.15) is 0 Å². The van der Waals surface area contributed by atoms with Crippen LogP contribution in [-0.2, 0) is 13.0 Å². The fourth-order valence-electron chi connectivity index (χ4n) is 3.16. The molecule has 0 bridgehead atoms. The molecule has 0 radical (unpaired) electrons. The van der Waals surface area contributed by atoms with Gasteiger partial charge in [-0.1, -0.05) is 78.1 Å². The van der Waals surface area contributed by atoms with Crippen molar-refractivity contribution in [1.82, 2.24) is 0 Å². The Labute approximate surface area is 145 Å². The van der Waals surface area contributed by atoms with Crippen LogP contribution in [0.1, 0.15) is 103 Å². The second kappa shape index (κ2) is 14.7. The Morgan fingerprint density at radius 3 is 1.65 bits per heavy atom. The molecular weight excluding hydrogens is 278 g/mol. The van der Waals surface area contributed by atoms with Gasteiger partial charge in [0, 0.05) is 18.6 Å². The standard InChI is InChI=1S/C22H40N/c1-3-5-7-9-11-13-15-19-23-20-17-22(18-21-23)16-14-12-10-8-6-4-2/h17-18,20-21H,3-16,19H2,1-2H3/q+1. The lowest BCUT2D eigenvalue weighted by molar-refractivity contribution is -0.697. The van der Waals surface area contributed by atoms with Gasteiger partial charge in [0.1, 0.15) is 6.54 Å². The summed E-state index contributed by atoms with van der Waals surface area (Å²) in [5.74, 6) is 0. The molecule has 0 fully saturated rings. The predicted molar refractivity (Wildman–Crippen MR) is 102 cm³/mol. The van der Waals surface area contributed by atoms with Crippen molar-refractivity contribution in [3.8, 4) is 0 Å². The lowest BCUT2D eigenvalue weighted by Gasteiger charge is -2.02. The molecule has 0 saturated heterocycles. The highest BCUT2D eigenvalue weighted by atomic mass is 14.9. The highest BCUT2D eigenvalue weighted by molar-refractivity contribution is 5.07. The number of hydrogen-bond donors (Lipinski definition) is 0. The van der Waals surface area contributed by atoms with E-state index in [0.717, 1.165) is 0 Å². The Morgan fingerprint density at radius 1 is 0.609 bits per heavy atom. The van der Waals surface area contributed by atoms with Gasteiger partial charge in [-0.15, -0.1) is 0 Å². The monoisotopic (exact) mass is 318 g/mol. The molecule has 0 aliphatic rings. The van der Waals surface area contributed by atoms with E-state index in [9.17, 15) is 0 Å². The van der Waals surface area contributed by atoms with Gasteiger partial charge in [0.05, 0.1) is 0 Å². The van der Waals surface area contributed by atoms with E-state index < -0.39 is 0 Å². The number of aryl methyl sites for hydroxylation is 2. The Morgan fingerprint density at radius 2 is 1.09 bits per heavy atom. The highest BCUT2D eigenvalue weighted by Gasteiger charge is 2.01. The molecule has 132 valence electrons. The topological polar surface area (TPSA) is 3.88 Å². The molecule has 0 saturated carbocycles. The van der Waals surface area contributed by atoms with Gasteiger partial charge in [0.15, 0.2) is 12.4 Å². The largest absolute Gasteiger partial charge is 0.205 e. The van der Waals surface area contributed by atoms with E-state index in [4.69, 9.17) is 0 Å². The third kappa shape index (κ3) is 11.3. The molecule has 0 aromatic carbocycles. The molecule has 0 aliphatic carbocycles. The fraction of sp³-hybridized carbons (Fsp3) is 0.773. The summed E-state index contributed by atoms with van der Waals surface area (Å²) in [7, 11) is 0. The van der Waals surface area contributed by atoms with Crippen LogP contribution in [-0.4, -0.2) is 0 Å². The first kappa shape index (κ1) is 20.2. The smallest absolute Gasteiger partial charge is 0.169 e. The quantitative estimate of drug-likeness (QED) is 0.252. The molecule has 0 N–H and O–H groups in total. The molecule has 1 aromatic heterocycles. The molecule has 0 atom stereocenters. The van der Waals surface area contributed by atoms with Crippen LogP contribution in [0.4, 0.5) is 0 Å². The minimum atomic E-state index is 1.19. The van der Waals surface area contributed by atoms with Crippen LogP contribution in [0.15, 0.2) is 24.5 Å². The first-order valence-electron chi connectivity index (χ1n) is 10.3. The SMILES string of the molecule is CCCCCCCCC[n+]1ccc(CCCCCCCC)cc1. The molecule has 1 heterocycles. The van der Waals surface area contributed by atoms with Crippen molar-refractivity contribution < 1.29 is 4.57 Å². The molecule has 0 aliphatic heterocycles. The Bertz CT molecular complexity index is 355. The molecule has 23 heavy (non-hydrogen) atoms. The Balaban J connectivity index is 2.04. The van der Waals surface area contributed by atoms with Crippen molar-refractivity contribution >= 4 is 0 Å². The van der Waals surface area contributed by atoms with Crippen LogP contribution in [0, 0.1) is 0 Å². The molecule has 1 rings (SSSR count). The summed E-state index contributed by atoms with van der Waals surface area (Å²) in [6, 6.07) is 4.65. The first-order chi connectivity index (χ1) is 11.4. The van der Waals surface area contributed by atoms with Gasteiger partial charge in [-0.05, 0) is 24.8 Å². The lowest BCUT2D eigenvalue weighted by Crippen LogP contribution is -2.32. The van der Waals surface area contributed by atoms with Crippen LogP contribution >= 0.6 is 0 Å². The minimum absolute atomic E-state index is 1.19. The van der Waals surface area contributed by atoms with Crippen LogP contribution in [0.3, 0.4) is 0 Å². The van der Waals surface area contributed by atoms with Crippen molar-refractivity contribution in [1.29, 1.82) is 0 Å². The van der Waals surface area contributed by atoms with Gasteiger partial charge >= 0.3 is 0 Å². The van der Waals surface area contributed by atoms with Gasteiger partial charge in [-0.25, -0.2) is 4.57 Å². The van der Waals surface area contributed by atoms with Gasteiger partial charge in [0.2, 0.25) is 0 Å². The third-order valence-electron chi connectivity index (χ3n) is 4.80. The van der Waals surface area contributed by atoms with Crippen LogP contribution in [0.25, 0.3) is 0 Å².